The Hall–Kier alpha value is -5.14. The maximum atomic E-state index is 2.54. The highest BCUT2D eigenvalue weighted by Gasteiger charge is 2.43. The number of anilines is 3. The predicted molar refractivity (Wildman–Crippen MR) is 201 cm³/mol. The zero-order chi connectivity index (χ0) is 32.5. The van der Waals surface area contributed by atoms with Gasteiger partial charge in [-0.15, -0.1) is 0 Å². The molecule has 1 heteroatoms. The molecular weight excluding hydrogens is 567 g/mol. The van der Waals surface area contributed by atoms with Crippen molar-refractivity contribution in [3.63, 3.8) is 0 Å². The standard InChI is InChI=1S/C46H41N/c1-30-24-33(23-22-32-16-10-7-11-17-32)26-41-43(30)37-28-40-38(29-39(37)45(41,3)4)44-31(2)25-36(27-42(44)46(40,5)6)47(34-18-12-8-13-19-34)35-20-14-9-15-21-35/h7-29H,1-6H3/b23-22-. The van der Waals surface area contributed by atoms with Crippen LogP contribution in [-0.2, 0) is 10.8 Å². The molecule has 230 valence electrons. The van der Waals surface area contributed by atoms with Crippen molar-refractivity contribution >= 4 is 29.2 Å². The predicted octanol–water partition coefficient (Wildman–Crippen LogP) is 12.6. The second kappa shape index (κ2) is 10.7. The van der Waals surface area contributed by atoms with Crippen LogP contribution in [0.4, 0.5) is 17.1 Å². The fourth-order valence-corrected chi connectivity index (χ4v) is 8.21. The van der Waals surface area contributed by atoms with Gasteiger partial charge < -0.3 is 4.90 Å². The molecule has 0 saturated heterocycles. The van der Waals surface area contributed by atoms with Crippen LogP contribution in [0.2, 0.25) is 0 Å². The summed E-state index contributed by atoms with van der Waals surface area (Å²) in [6.45, 7) is 14.2. The first kappa shape index (κ1) is 29.3. The van der Waals surface area contributed by atoms with Crippen LogP contribution in [0.1, 0.15) is 72.2 Å². The summed E-state index contributed by atoms with van der Waals surface area (Å²) >= 11 is 0. The summed E-state index contributed by atoms with van der Waals surface area (Å²) in [4.78, 5) is 2.39. The van der Waals surface area contributed by atoms with Gasteiger partial charge >= 0.3 is 0 Å². The Bertz CT molecular complexity index is 2150. The van der Waals surface area contributed by atoms with E-state index in [0.29, 0.717) is 0 Å². The number of nitrogens with zero attached hydrogens (tertiary/aromatic N) is 1. The average molecular weight is 608 g/mol. The minimum atomic E-state index is -0.140. The van der Waals surface area contributed by atoms with E-state index in [1.165, 1.54) is 72.4 Å². The molecule has 0 fully saturated rings. The lowest BCUT2D eigenvalue weighted by atomic mass is 9.79. The number of hydrogen-bond acceptors (Lipinski definition) is 1. The van der Waals surface area contributed by atoms with Gasteiger partial charge in [-0.3, -0.25) is 0 Å². The molecule has 2 aliphatic rings. The molecule has 0 atom stereocenters. The molecule has 6 aromatic carbocycles. The molecule has 0 unspecified atom stereocenters. The minimum Gasteiger partial charge on any atom is -0.310 e. The van der Waals surface area contributed by atoms with E-state index in [0.717, 1.165) is 11.4 Å². The molecule has 0 aliphatic heterocycles. The lowest BCUT2D eigenvalue weighted by Gasteiger charge is -2.28. The fraction of sp³-hybridized carbons (Fsp3) is 0.174. The second-order valence-corrected chi connectivity index (χ2v) is 14.4. The van der Waals surface area contributed by atoms with Crippen molar-refractivity contribution in [1.82, 2.24) is 0 Å². The van der Waals surface area contributed by atoms with Crippen LogP contribution < -0.4 is 4.90 Å². The van der Waals surface area contributed by atoms with E-state index in [2.05, 4.69) is 186 Å². The SMILES string of the molecule is Cc1cc(/C=C\c2ccccc2)cc2c1-c1cc3c(cc1C2(C)C)-c1c(C)cc(N(c2ccccc2)c2ccccc2)cc1C3(C)C. The van der Waals surface area contributed by atoms with Gasteiger partial charge in [0.1, 0.15) is 0 Å². The van der Waals surface area contributed by atoms with Crippen molar-refractivity contribution in [1.29, 1.82) is 0 Å². The van der Waals surface area contributed by atoms with Crippen LogP contribution in [-0.4, -0.2) is 0 Å². The van der Waals surface area contributed by atoms with Crippen molar-refractivity contribution in [2.45, 2.75) is 52.4 Å². The second-order valence-electron chi connectivity index (χ2n) is 14.4. The largest absolute Gasteiger partial charge is 0.310 e. The van der Waals surface area contributed by atoms with Gasteiger partial charge in [-0.05, 0) is 129 Å². The van der Waals surface area contributed by atoms with E-state index in [4.69, 9.17) is 0 Å². The topological polar surface area (TPSA) is 3.24 Å². The quantitative estimate of drug-likeness (QED) is 0.176. The average Bonchev–Trinajstić information content (AvgIpc) is 3.44. The van der Waals surface area contributed by atoms with E-state index >= 15 is 0 Å². The molecule has 0 aromatic heterocycles. The van der Waals surface area contributed by atoms with Gasteiger partial charge in [0.25, 0.3) is 0 Å². The van der Waals surface area contributed by atoms with Crippen LogP contribution in [0.25, 0.3) is 34.4 Å². The Kier molecular flexibility index (Phi) is 6.67. The molecule has 6 aromatic rings. The summed E-state index contributed by atoms with van der Waals surface area (Å²) in [5.41, 5.74) is 19.7. The molecule has 0 N–H and O–H groups in total. The summed E-state index contributed by atoms with van der Waals surface area (Å²) in [5, 5.41) is 0. The van der Waals surface area contributed by atoms with Crippen LogP contribution in [0.15, 0.2) is 127 Å². The molecule has 8 rings (SSSR count). The summed E-state index contributed by atoms with van der Waals surface area (Å²) in [6.07, 6.45) is 4.48. The summed E-state index contributed by atoms with van der Waals surface area (Å²) in [5.74, 6) is 0. The van der Waals surface area contributed by atoms with Crippen LogP contribution in [0, 0.1) is 13.8 Å². The van der Waals surface area contributed by atoms with Crippen molar-refractivity contribution in [3.05, 3.63) is 172 Å². The Labute approximate surface area is 279 Å². The molecule has 0 spiro atoms. The maximum absolute atomic E-state index is 2.54. The van der Waals surface area contributed by atoms with Crippen molar-refractivity contribution in [2.75, 3.05) is 4.90 Å². The van der Waals surface area contributed by atoms with Crippen molar-refractivity contribution in [2.24, 2.45) is 0 Å². The Balaban J connectivity index is 1.25. The van der Waals surface area contributed by atoms with Gasteiger partial charge in [0, 0.05) is 27.9 Å². The van der Waals surface area contributed by atoms with Gasteiger partial charge in [-0.2, -0.15) is 0 Å². The van der Waals surface area contributed by atoms with Gasteiger partial charge in [0.2, 0.25) is 0 Å². The zero-order valence-corrected chi connectivity index (χ0v) is 28.2. The Morgan fingerprint density at radius 3 is 1.40 bits per heavy atom. The lowest BCUT2D eigenvalue weighted by molar-refractivity contribution is 0.652. The number of fused-ring (bicyclic) bond motifs is 6. The van der Waals surface area contributed by atoms with E-state index in [1.54, 1.807) is 0 Å². The van der Waals surface area contributed by atoms with E-state index in [-0.39, 0.29) is 10.8 Å². The monoisotopic (exact) mass is 607 g/mol. The molecular formula is C46H41N. The minimum absolute atomic E-state index is 0.0980. The summed E-state index contributed by atoms with van der Waals surface area (Å²) in [6, 6.07) is 46.7. The smallest absolute Gasteiger partial charge is 0.0467 e. The first-order chi connectivity index (χ1) is 22.6. The third-order valence-corrected chi connectivity index (χ3v) is 10.6. The third-order valence-electron chi connectivity index (χ3n) is 10.6. The van der Waals surface area contributed by atoms with Crippen molar-refractivity contribution in [3.8, 4) is 22.3 Å². The summed E-state index contributed by atoms with van der Waals surface area (Å²) in [7, 11) is 0. The molecule has 0 bridgehead atoms. The number of hydrogen-bond donors (Lipinski definition) is 0. The highest BCUT2D eigenvalue weighted by molar-refractivity contribution is 5.93. The van der Waals surface area contributed by atoms with Crippen LogP contribution >= 0.6 is 0 Å². The van der Waals surface area contributed by atoms with E-state index < -0.39 is 0 Å². The van der Waals surface area contributed by atoms with Gasteiger partial charge in [-0.1, -0.05) is 119 Å². The van der Waals surface area contributed by atoms with Crippen molar-refractivity contribution < 1.29 is 0 Å². The number of rotatable bonds is 5. The van der Waals surface area contributed by atoms with E-state index in [9.17, 15) is 0 Å². The lowest BCUT2D eigenvalue weighted by Crippen LogP contribution is -2.17. The first-order valence-electron chi connectivity index (χ1n) is 16.8. The maximum Gasteiger partial charge on any atom is 0.0467 e. The normalized spacial score (nSPS) is 14.9. The number of para-hydroxylation sites is 2. The Morgan fingerprint density at radius 1 is 0.426 bits per heavy atom. The van der Waals surface area contributed by atoms with Gasteiger partial charge in [0.15, 0.2) is 0 Å². The highest BCUT2D eigenvalue weighted by Crippen LogP contribution is 2.58. The van der Waals surface area contributed by atoms with Crippen LogP contribution in [0.3, 0.4) is 0 Å². The molecule has 0 amide bonds. The molecule has 47 heavy (non-hydrogen) atoms. The Morgan fingerprint density at radius 2 is 0.872 bits per heavy atom. The number of benzene rings is 6. The highest BCUT2D eigenvalue weighted by atomic mass is 15.1. The molecule has 2 aliphatic carbocycles. The molecule has 0 radical (unpaired) electrons. The summed E-state index contributed by atoms with van der Waals surface area (Å²) < 4.78 is 0. The third kappa shape index (κ3) is 4.60. The molecule has 0 saturated carbocycles. The van der Waals surface area contributed by atoms with Gasteiger partial charge in [0.05, 0.1) is 0 Å². The van der Waals surface area contributed by atoms with Crippen LogP contribution in [0.5, 0.6) is 0 Å². The number of aryl methyl sites for hydroxylation is 2. The zero-order valence-electron chi connectivity index (χ0n) is 28.2. The molecule has 1 nitrogen and oxygen atoms in total. The molecule has 0 heterocycles. The first-order valence-corrected chi connectivity index (χ1v) is 16.8. The van der Waals surface area contributed by atoms with E-state index in [1.807, 2.05) is 0 Å². The fourth-order valence-electron chi connectivity index (χ4n) is 8.21. The van der Waals surface area contributed by atoms with Gasteiger partial charge in [-0.25, -0.2) is 0 Å².